The Morgan fingerprint density at radius 3 is 2.60 bits per heavy atom. The van der Waals surface area contributed by atoms with Crippen molar-refractivity contribution in [2.45, 2.75) is 32.8 Å². The number of nitrogens with one attached hydrogen (secondary N) is 1. The lowest BCUT2D eigenvalue weighted by Gasteiger charge is -2.31. The summed E-state index contributed by atoms with van der Waals surface area (Å²) in [6.45, 7) is 3.99. The topological polar surface area (TPSA) is 141 Å². The average Bonchev–Trinajstić information content (AvgIpc) is 2.85. The molecule has 1 aliphatic heterocycles. The number of esters is 1. The molecule has 0 atom stereocenters. The van der Waals surface area contributed by atoms with Gasteiger partial charge in [0.1, 0.15) is 31.3 Å². The van der Waals surface area contributed by atoms with Crippen LogP contribution < -0.4 is 10.5 Å². The molecular formula is C24H30FN5O5. The number of hydrogen-bond donors (Lipinski definition) is 2. The van der Waals surface area contributed by atoms with E-state index < -0.39 is 11.8 Å². The molecule has 0 radical (unpaired) electrons. The van der Waals surface area contributed by atoms with Crippen molar-refractivity contribution < 1.29 is 28.2 Å². The number of piperidine rings is 1. The van der Waals surface area contributed by atoms with E-state index in [1.165, 1.54) is 18.5 Å². The van der Waals surface area contributed by atoms with Gasteiger partial charge < -0.3 is 24.8 Å². The Bertz CT molecular complexity index is 1030. The van der Waals surface area contributed by atoms with Gasteiger partial charge in [0, 0.05) is 48.8 Å². The summed E-state index contributed by atoms with van der Waals surface area (Å²) in [6, 6.07) is 4.92. The first kappa shape index (κ1) is 26.0. The Balaban J connectivity index is 1.51. The molecule has 1 aromatic carbocycles. The molecule has 2 aromatic rings. The lowest BCUT2D eigenvalue weighted by Crippen LogP contribution is -2.41. The predicted molar refractivity (Wildman–Crippen MR) is 125 cm³/mol. The fourth-order valence-electron chi connectivity index (χ4n) is 3.63. The first-order valence-electron chi connectivity index (χ1n) is 11.4. The van der Waals surface area contributed by atoms with Gasteiger partial charge in [-0.2, -0.15) is 0 Å². The molecule has 1 fully saturated rings. The first-order chi connectivity index (χ1) is 16.9. The van der Waals surface area contributed by atoms with Crippen LogP contribution in [0.15, 0.2) is 30.6 Å². The smallest absolute Gasteiger partial charge is 0.316 e. The molecule has 1 amide bonds. The van der Waals surface area contributed by atoms with Crippen LogP contribution in [0.25, 0.3) is 11.1 Å². The van der Waals surface area contributed by atoms with Gasteiger partial charge in [-0.25, -0.2) is 14.4 Å². The maximum Gasteiger partial charge on any atom is 0.316 e. The van der Waals surface area contributed by atoms with Crippen LogP contribution >= 0.6 is 0 Å². The van der Waals surface area contributed by atoms with E-state index in [-0.39, 0.29) is 54.4 Å². The summed E-state index contributed by atoms with van der Waals surface area (Å²) >= 11 is 0. The highest BCUT2D eigenvalue weighted by molar-refractivity contribution is 5.94. The van der Waals surface area contributed by atoms with Crippen LogP contribution in [0.2, 0.25) is 0 Å². The molecule has 11 heteroatoms. The normalized spacial score (nSPS) is 13.9. The number of benzene rings is 1. The third kappa shape index (κ3) is 7.71. The Labute approximate surface area is 203 Å². The molecule has 1 aliphatic rings. The lowest BCUT2D eigenvalue weighted by atomic mass is 9.98. The van der Waals surface area contributed by atoms with Crippen molar-refractivity contribution in [3.05, 3.63) is 42.0 Å². The molecular weight excluding hydrogens is 457 g/mol. The second-order valence-electron chi connectivity index (χ2n) is 8.17. The van der Waals surface area contributed by atoms with Crippen LogP contribution in [0, 0.1) is 17.1 Å². The summed E-state index contributed by atoms with van der Waals surface area (Å²) in [7, 11) is 0. The van der Waals surface area contributed by atoms with Gasteiger partial charge in [0.05, 0.1) is 6.61 Å². The van der Waals surface area contributed by atoms with Crippen molar-refractivity contribution in [2.75, 3.05) is 32.9 Å². The Morgan fingerprint density at radius 2 is 1.94 bits per heavy atom. The number of ether oxygens (including phenoxy) is 3. The second-order valence-corrected chi connectivity index (χ2v) is 8.17. The number of aromatic nitrogens is 2. The fourth-order valence-corrected chi connectivity index (χ4v) is 3.63. The highest BCUT2D eigenvalue weighted by atomic mass is 19.1. The van der Waals surface area contributed by atoms with Crippen molar-refractivity contribution in [1.82, 2.24) is 14.9 Å². The summed E-state index contributed by atoms with van der Waals surface area (Å²) in [5, 5.41) is 7.11. The van der Waals surface area contributed by atoms with E-state index in [9.17, 15) is 14.0 Å². The molecule has 0 spiro atoms. The molecule has 0 unspecified atom stereocenters. The fraction of sp³-hybridized carbons (Fsp3) is 0.458. The van der Waals surface area contributed by atoms with Crippen LogP contribution in [0.5, 0.6) is 6.01 Å². The lowest BCUT2D eigenvalue weighted by molar-refractivity contribution is -0.143. The Hall–Kier alpha value is -3.60. The number of rotatable bonds is 11. The molecule has 3 N–H and O–H groups in total. The minimum atomic E-state index is -0.699. The minimum Gasteiger partial charge on any atom is -0.463 e. The maximum absolute atomic E-state index is 14.9. The highest BCUT2D eigenvalue weighted by Crippen LogP contribution is 2.25. The van der Waals surface area contributed by atoms with Crippen molar-refractivity contribution in [3.63, 3.8) is 0 Å². The maximum atomic E-state index is 14.9. The third-order valence-electron chi connectivity index (χ3n) is 5.59. The quantitative estimate of drug-likeness (QED) is 0.279. The van der Waals surface area contributed by atoms with E-state index in [1.54, 1.807) is 12.1 Å². The number of nitrogens with zero attached hydrogens (tertiary/aromatic N) is 3. The van der Waals surface area contributed by atoms with E-state index in [2.05, 4.69) is 9.97 Å². The first-order valence-corrected chi connectivity index (χ1v) is 11.4. The summed E-state index contributed by atoms with van der Waals surface area (Å²) in [5.74, 6) is -1.27. The van der Waals surface area contributed by atoms with E-state index in [0.717, 1.165) is 12.8 Å². The molecule has 0 bridgehead atoms. The summed E-state index contributed by atoms with van der Waals surface area (Å²) in [5.41, 5.74) is 6.07. The van der Waals surface area contributed by atoms with Gasteiger partial charge in [-0.1, -0.05) is 18.2 Å². The summed E-state index contributed by atoms with van der Waals surface area (Å²) < 4.78 is 30.8. The Kier molecular flexibility index (Phi) is 9.47. The van der Waals surface area contributed by atoms with Crippen molar-refractivity contribution in [3.8, 4) is 17.1 Å². The zero-order chi connectivity index (χ0) is 25.2. The van der Waals surface area contributed by atoms with Gasteiger partial charge in [-0.15, -0.1) is 0 Å². The number of nitrogens with two attached hydrogens (primary N) is 1. The second kappa shape index (κ2) is 12.7. The molecule has 35 heavy (non-hydrogen) atoms. The van der Waals surface area contributed by atoms with E-state index in [4.69, 9.17) is 25.4 Å². The number of halogens is 1. The monoisotopic (exact) mass is 487 g/mol. The van der Waals surface area contributed by atoms with Crippen LogP contribution in [0.1, 0.15) is 31.7 Å². The van der Waals surface area contributed by atoms with Crippen LogP contribution in [0.4, 0.5) is 4.39 Å². The zero-order valence-corrected chi connectivity index (χ0v) is 19.7. The molecule has 188 valence electrons. The van der Waals surface area contributed by atoms with E-state index in [0.29, 0.717) is 31.9 Å². The average molecular weight is 488 g/mol. The number of amides is 1. The SMILES string of the molecule is CCOCC(=O)N1CCC(COc2ncc(-c3cccc(COC(=O)CC(=N)N)c3F)cn2)CC1. The predicted octanol–water partition coefficient (Wildman–Crippen LogP) is 2.31. The van der Waals surface area contributed by atoms with Gasteiger partial charge in [-0.05, 0) is 25.7 Å². The van der Waals surface area contributed by atoms with Gasteiger partial charge in [0.15, 0.2) is 0 Å². The molecule has 1 aromatic heterocycles. The molecule has 1 saturated heterocycles. The minimum absolute atomic E-state index is 0.00987. The van der Waals surface area contributed by atoms with Crippen LogP contribution in [-0.2, 0) is 25.7 Å². The van der Waals surface area contributed by atoms with Crippen molar-refractivity contribution in [1.29, 1.82) is 5.41 Å². The highest BCUT2D eigenvalue weighted by Gasteiger charge is 2.23. The molecule has 2 heterocycles. The number of carbonyl (C=O) groups is 2. The molecule has 3 rings (SSSR count). The van der Waals surface area contributed by atoms with Gasteiger partial charge in [0.25, 0.3) is 0 Å². The molecule has 10 nitrogen and oxygen atoms in total. The van der Waals surface area contributed by atoms with E-state index in [1.807, 2.05) is 11.8 Å². The van der Waals surface area contributed by atoms with Gasteiger partial charge >= 0.3 is 12.0 Å². The zero-order valence-electron chi connectivity index (χ0n) is 19.7. The van der Waals surface area contributed by atoms with Gasteiger partial charge in [-0.3, -0.25) is 15.0 Å². The Morgan fingerprint density at radius 1 is 1.23 bits per heavy atom. The van der Waals surface area contributed by atoms with Gasteiger partial charge in [0.2, 0.25) is 5.91 Å². The summed E-state index contributed by atoms with van der Waals surface area (Å²) in [6.07, 6.45) is 4.25. The van der Waals surface area contributed by atoms with Crippen LogP contribution in [-0.4, -0.2) is 65.5 Å². The number of carbonyl (C=O) groups excluding carboxylic acids is 2. The number of likely N-dealkylation sites (tertiary alicyclic amines) is 1. The number of hydrogen-bond acceptors (Lipinski definition) is 8. The van der Waals surface area contributed by atoms with Crippen molar-refractivity contribution >= 4 is 17.7 Å². The summed E-state index contributed by atoms with van der Waals surface area (Å²) in [4.78, 5) is 33.8. The van der Waals surface area contributed by atoms with Crippen molar-refractivity contribution in [2.24, 2.45) is 11.7 Å². The largest absolute Gasteiger partial charge is 0.463 e. The third-order valence-corrected chi connectivity index (χ3v) is 5.59. The molecule has 0 saturated carbocycles. The molecule has 0 aliphatic carbocycles. The number of amidine groups is 1. The standard InChI is InChI=1S/C24H30FN5O5/c1-2-33-15-21(31)30-8-6-16(7-9-30)13-35-24-28-11-18(12-29-24)19-5-3-4-17(23(19)25)14-34-22(32)10-20(26)27/h3-5,11-12,16H,2,6-10,13-15H2,1H3,(H3,26,27). The van der Waals surface area contributed by atoms with Crippen LogP contribution in [0.3, 0.4) is 0 Å². The van der Waals surface area contributed by atoms with E-state index >= 15 is 0 Å².